The molecule has 0 spiro atoms. The number of nitrogens with one attached hydrogen (secondary N) is 1. The number of hydrogen-bond donors (Lipinski definition) is 1. The number of nitrogens with zero attached hydrogens (tertiary/aromatic N) is 1. The van der Waals surface area contributed by atoms with Crippen molar-refractivity contribution in [2.45, 2.75) is 26.4 Å². The molecule has 1 amide bonds. The third kappa shape index (κ3) is 3.63. The van der Waals surface area contributed by atoms with E-state index in [1.54, 1.807) is 4.90 Å². The molecule has 0 aliphatic carbocycles. The van der Waals surface area contributed by atoms with Crippen LogP contribution in [-0.2, 0) is 6.54 Å². The summed E-state index contributed by atoms with van der Waals surface area (Å²) in [6, 6.07) is 12.7. The smallest absolute Gasteiger partial charge is 0.254 e. The van der Waals surface area contributed by atoms with E-state index in [9.17, 15) is 14.0 Å². The van der Waals surface area contributed by atoms with Crippen LogP contribution in [-0.4, -0.2) is 21.8 Å². The lowest BCUT2D eigenvalue weighted by Gasteiger charge is -2.27. The van der Waals surface area contributed by atoms with Gasteiger partial charge in [0.2, 0.25) is 5.56 Å². The summed E-state index contributed by atoms with van der Waals surface area (Å²) >= 11 is 5.81. The van der Waals surface area contributed by atoms with Gasteiger partial charge in [0.1, 0.15) is 5.82 Å². The first-order chi connectivity index (χ1) is 12.4. The minimum absolute atomic E-state index is 0.0961. The third-order valence-corrected chi connectivity index (χ3v) is 4.52. The number of amides is 1. The molecule has 0 unspecified atom stereocenters. The minimum Gasteiger partial charge on any atom is -0.332 e. The highest BCUT2D eigenvalue weighted by atomic mass is 35.5. The van der Waals surface area contributed by atoms with Crippen LogP contribution < -0.4 is 5.56 Å². The van der Waals surface area contributed by atoms with Gasteiger partial charge in [-0.25, -0.2) is 4.39 Å². The predicted molar refractivity (Wildman–Crippen MR) is 101 cm³/mol. The molecule has 0 atom stereocenters. The Hall–Kier alpha value is -2.66. The second-order valence-corrected chi connectivity index (χ2v) is 6.77. The number of fused-ring (bicyclic) bond motifs is 1. The van der Waals surface area contributed by atoms with Crippen molar-refractivity contribution in [2.24, 2.45) is 0 Å². The highest BCUT2D eigenvalue weighted by molar-refractivity contribution is 6.31. The van der Waals surface area contributed by atoms with Gasteiger partial charge in [0.05, 0.1) is 5.02 Å². The van der Waals surface area contributed by atoms with Gasteiger partial charge in [-0.05, 0) is 43.7 Å². The Labute approximate surface area is 155 Å². The summed E-state index contributed by atoms with van der Waals surface area (Å²) in [5.41, 5.74) is 1.55. The van der Waals surface area contributed by atoms with E-state index in [0.29, 0.717) is 5.56 Å². The van der Waals surface area contributed by atoms with E-state index in [1.165, 1.54) is 24.3 Å². The highest BCUT2D eigenvalue weighted by Gasteiger charge is 2.21. The number of carbonyl (C=O) groups is 1. The molecule has 0 bridgehead atoms. The fraction of sp³-hybridized carbons (Fsp3) is 0.200. The quantitative estimate of drug-likeness (QED) is 0.739. The highest BCUT2D eigenvalue weighted by Crippen LogP contribution is 2.21. The molecule has 0 aliphatic rings. The van der Waals surface area contributed by atoms with Crippen LogP contribution in [0.1, 0.15) is 29.8 Å². The standard InChI is InChI=1S/C20H18ClFN2O2/c1-12(2)24(20(26)13-7-8-17(22)16(21)9-13)11-14-10-19(25)23-18-6-4-3-5-15(14)18/h3-10,12H,11H2,1-2H3,(H,23,25). The van der Waals surface area contributed by atoms with Gasteiger partial charge in [-0.2, -0.15) is 0 Å². The van der Waals surface area contributed by atoms with Crippen LogP contribution in [0, 0.1) is 5.82 Å². The van der Waals surface area contributed by atoms with Crippen molar-refractivity contribution in [1.82, 2.24) is 9.88 Å². The first-order valence-electron chi connectivity index (χ1n) is 8.24. The van der Waals surface area contributed by atoms with Crippen molar-refractivity contribution in [3.8, 4) is 0 Å². The number of rotatable bonds is 4. The number of para-hydroxylation sites is 1. The zero-order valence-electron chi connectivity index (χ0n) is 14.4. The first-order valence-corrected chi connectivity index (χ1v) is 8.61. The van der Waals surface area contributed by atoms with E-state index in [-0.39, 0.29) is 29.1 Å². The number of aromatic amines is 1. The molecule has 0 fully saturated rings. The number of H-pyrrole nitrogens is 1. The molecular formula is C20H18ClFN2O2. The van der Waals surface area contributed by atoms with Crippen molar-refractivity contribution < 1.29 is 9.18 Å². The minimum atomic E-state index is -0.570. The van der Waals surface area contributed by atoms with Crippen molar-refractivity contribution in [1.29, 1.82) is 0 Å². The van der Waals surface area contributed by atoms with Gasteiger partial charge >= 0.3 is 0 Å². The summed E-state index contributed by atoms with van der Waals surface area (Å²) in [4.78, 5) is 29.3. The van der Waals surface area contributed by atoms with E-state index in [0.717, 1.165) is 16.5 Å². The first kappa shape index (κ1) is 18.1. The van der Waals surface area contributed by atoms with Gasteiger partial charge in [-0.15, -0.1) is 0 Å². The third-order valence-electron chi connectivity index (χ3n) is 4.23. The summed E-state index contributed by atoms with van der Waals surface area (Å²) in [6.45, 7) is 4.03. The molecule has 26 heavy (non-hydrogen) atoms. The Morgan fingerprint density at radius 2 is 1.92 bits per heavy atom. The van der Waals surface area contributed by atoms with Gasteiger partial charge < -0.3 is 9.88 Å². The van der Waals surface area contributed by atoms with Crippen LogP contribution >= 0.6 is 11.6 Å². The molecule has 3 aromatic rings. The molecule has 0 saturated carbocycles. The fourth-order valence-electron chi connectivity index (χ4n) is 2.88. The number of carbonyl (C=O) groups excluding carboxylic acids is 1. The van der Waals surface area contributed by atoms with E-state index >= 15 is 0 Å². The maximum atomic E-state index is 13.4. The molecule has 6 heteroatoms. The summed E-state index contributed by atoms with van der Waals surface area (Å²) in [6.07, 6.45) is 0. The zero-order chi connectivity index (χ0) is 18.8. The summed E-state index contributed by atoms with van der Waals surface area (Å²) in [5, 5.41) is 0.781. The molecule has 0 radical (unpaired) electrons. The number of benzene rings is 2. The van der Waals surface area contributed by atoms with Crippen molar-refractivity contribution in [3.05, 3.63) is 80.9 Å². The Kier molecular flexibility index (Phi) is 5.09. The lowest BCUT2D eigenvalue weighted by Crippen LogP contribution is -2.36. The number of aromatic nitrogens is 1. The molecule has 1 heterocycles. The summed E-state index contributed by atoms with van der Waals surface area (Å²) in [5.74, 6) is -0.842. The average molecular weight is 373 g/mol. The van der Waals surface area contributed by atoms with Gasteiger partial charge in [0, 0.05) is 35.1 Å². The van der Waals surface area contributed by atoms with Crippen molar-refractivity contribution in [2.75, 3.05) is 0 Å². The molecule has 0 saturated heterocycles. The van der Waals surface area contributed by atoms with E-state index in [1.807, 2.05) is 38.1 Å². The van der Waals surface area contributed by atoms with Gasteiger partial charge in [-0.1, -0.05) is 29.8 Å². The Morgan fingerprint density at radius 1 is 1.19 bits per heavy atom. The van der Waals surface area contributed by atoms with Crippen LogP contribution in [0.15, 0.2) is 53.3 Å². The summed E-state index contributed by atoms with van der Waals surface area (Å²) < 4.78 is 13.4. The largest absolute Gasteiger partial charge is 0.332 e. The average Bonchev–Trinajstić information content (AvgIpc) is 2.60. The molecule has 0 aliphatic heterocycles. The van der Waals surface area contributed by atoms with E-state index in [4.69, 9.17) is 11.6 Å². The molecule has 4 nitrogen and oxygen atoms in total. The van der Waals surface area contributed by atoms with E-state index in [2.05, 4.69) is 4.98 Å². The molecule has 3 rings (SSSR count). The number of pyridine rings is 1. The van der Waals surface area contributed by atoms with Crippen molar-refractivity contribution >= 4 is 28.4 Å². The van der Waals surface area contributed by atoms with Crippen LogP contribution in [0.25, 0.3) is 10.9 Å². The Balaban J connectivity index is 2.01. The van der Waals surface area contributed by atoms with Crippen LogP contribution in [0.5, 0.6) is 0 Å². The number of halogens is 2. The molecule has 134 valence electrons. The second-order valence-electron chi connectivity index (χ2n) is 6.36. The van der Waals surface area contributed by atoms with Gasteiger partial charge in [-0.3, -0.25) is 9.59 Å². The number of hydrogen-bond acceptors (Lipinski definition) is 2. The maximum absolute atomic E-state index is 13.4. The normalized spacial score (nSPS) is 11.1. The molecule has 1 N–H and O–H groups in total. The summed E-state index contributed by atoms with van der Waals surface area (Å²) in [7, 11) is 0. The lowest BCUT2D eigenvalue weighted by atomic mass is 10.1. The lowest BCUT2D eigenvalue weighted by molar-refractivity contribution is 0.0691. The molecule has 1 aromatic heterocycles. The van der Waals surface area contributed by atoms with Crippen LogP contribution in [0.4, 0.5) is 4.39 Å². The zero-order valence-corrected chi connectivity index (χ0v) is 15.2. The topological polar surface area (TPSA) is 53.2 Å². The SMILES string of the molecule is CC(C)N(Cc1cc(=O)[nH]c2ccccc12)C(=O)c1ccc(F)c(Cl)c1. The van der Waals surface area contributed by atoms with Crippen LogP contribution in [0.3, 0.4) is 0 Å². The van der Waals surface area contributed by atoms with Crippen LogP contribution in [0.2, 0.25) is 5.02 Å². The molecule has 2 aromatic carbocycles. The molecular weight excluding hydrogens is 355 g/mol. The predicted octanol–water partition coefficient (Wildman–Crippen LogP) is 4.37. The monoisotopic (exact) mass is 372 g/mol. The van der Waals surface area contributed by atoms with Gasteiger partial charge in [0.25, 0.3) is 5.91 Å². The second kappa shape index (κ2) is 7.30. The fourth-order valence-corrected chi connectivity index (χ4v) is 3.06. The van der Waals surface area contributed by atoms with Crippen molar-refractivity contribution in [3.63, 3.8) is 0 Å². The Morgan fingerprint density at radius 3 is 2.62 bits per heavy atom. The van der Waals surface area contributed by atoms with Gasteiger partial charge in [0.15, 0.2) is 0 Å². The maximum Gasteiger partial charge on any atom is 0.254 e. The van der Waals surface area contributed by atoms with E-state index < -0.39 is 5.82 Å². The Bertz CT molecular complexity index is 1030.